The summed E-state index contributed by atoms with van der Waals surface area (Å²) in [5.74, 6) is 0. The minimum atomic E-state index is -0.171. The lowest BCUT2D eigenvalue weighted by Crippen LogP contribution is -2.58. The summed E-state index contributed by atoms with van der Waals surface area (Å²) < 4.78 is 11.4. The van der Waals surface area contributed by atoms with Crippen molar-refractivity contribution >= 4 is 6.09 Å². The molecule has 1 amide bonds. The Balaban J connectivity index is 1.43. The quantitative estimate of drug-likeness (QED) is 0.793. The zero-order valence-electron chi connectivity index (χ0n) is 12.0. The number of carbonyl (C=O) groups excluding carboxylic acids is 1. The van der Waals surface area contributed by atoms with Crippen molar-refractivity contribution in [2.45, 2.75) is 68.7 Å². The van der Waals surface area contributed by atoms with E-state index in [9.17, 15) is 4.79 Å². The number of fused-ring (bicyclic) bond motifs is 2. The van der Waals surface area contributed by atoms with E-state index in [2.05, 4.69) is 5.32 Å². The van der Waals surface area contributed by atoms with Crippen LogP contribution in [0.2, 0.25) is 0 Å². The summed E-state index contributed by atoms with van der Waals surface area (Å²) >= 11 is 0. The predicted molar refractivity (Wildman–Crippen MR) is 73.6 cm³/mol. The third kappa shape index (κ3) is 2.21. The topological polar surface area (TPSA) is 50.8 Å². The second-order valence-electron chi connectivity index (χ2n) is 6.88. The van der Waals surface area contributed by atoms with Crippen molar-refractivity contribution < 1.29 is 14.3 Å². The number of ether oxygens (including phenoxy) is 2. The van der Waals surface area contributed by atoms with Gasteiger partial charge in [0.2, 0.25) is 0 Å². The van der Waals surface area contributed by atoms with Gasteiger partial charge in [-0.25, -0.2) is 4.79 Å². The molecule has 4 heterocycles. The second kappa shape index (κ2) is 4.88. The molecule has 4 aliphatic rings. The van der Waals surface area contributed by atoms with Gasteiger partial charge < -0.3 is 19.7 Å². The number of hydrogen-bond donors (Lipinski definition) is 1. The van der Waals surface area contributed by atoms with E-state index in [1.807, 2.05) is 4.90 Å². The van der Waals surface area contributed by atoms with Gasteiger partial charge in [0.25, 0.3) is 0 Å². The fraction of sp³-hybridized carbons (Fsp3) is 0.933. The first-order chi connectivity index (χ1) is 9.74. The van der Waals surface area contributed by atoms with Crippen molar-refractivity contribution in [3.8, 4) is 0 Å². The molecule has 3 atom stereocenters. The highest BCUT2D eigenvalue weighted by atomic mass is 16.6. The van der Waals surface area contributed by atoms with E-state index in [1.165, 1.54) is 12.8 Å². The van der Waals surface area contributed by atoms with E-state index < -0.39 is 0 Å². The molecule has 1 unspecified atom stereocenters. The van der Waals surface area contributed by atoms with Gasteiger partial charge in [0.1, 0.15) is 5.60 Å². The zero-order valence-corrected chi connectivity index (χ0v) is 12.0. The molecule has 4 saturated heterocycles. The SMILES string of the molecule is O=C1OC2(CCN1C1CCOCC1)C[C@H]1CC[C@@H](C2)N1. The number of amides is 1. The van der Waals surface area contributed by atoms with E-state index in [0.717, 1.165) is 51.9 Å². The van der Waals surface area contributed by atoms with Gasteiger partial charge in [0.05, 0.1) is 0 Å². The summed E-state index contributed by atoms with van der Waals surface area (Å²) in [6.45, 7) is 2.41. The normalized spacial score (nSPS) is 42.0. The second-order valence-corrected chi connectivity index (χ2v) is 6.88. The summed E-state index contributed by atoms with van der Waals surface area (Å²) in [6, 6.07) is 1.46. The van der Waals surface area contributed by atoms with Crippen LogP contribution in [0.15, 0.2) is 0 Å². The molecule has 5 nitrogen and oxygen atoms in total. The molecule has 20 heavy (non-hydrogen) atoms. The monoisotopic (exact) mass is 280 g/mol. The van der Waals surface area contributed by atoms with Gasteiger partial charge >= 0.3 is 6.09 Å². The Kier molecular flexibility index (Phi) is 3.15. The molecule has 0 aromatic carbocycles. The summed E-state index contributed by atoms with van der Waals surface area (Å²) in [5.41, 5.74) is -0.171. The summed E-state index contributed by atoms with van der Waals surface area (Å²) in [7, 11) is 0. The van der Waals surface area contributed by atoms with Crippen molar-refractivity contribution in [2.24, 2.45) is 0 Å². The van der Waals surface area contributed by atoms with Gasteiger partial charge in [-0.05, 0) is 25.7 Å². The summed E-state index contributed by atoms with van der Waals surface area (Å²) in [4.78, 5) is 14.4. The van der Waals surface area contributed by atoms with E-state index in [0.29, 0.717) is 18.1 Å². The molecule has 4 aliphatic heterocycles. The predicted octanol–water partition coefficient (Wildman–Crippen LogP) is 1.66. The van der Waals surface area contributed by atoms with Crippen LogP contribution in [0, 0.1) is 0 Å². The molecule has 0 saturated carbocycles. The van der Waals surface area contributed by atoms with Crippen LogP contribution in [0.3, 0.4) is 0 Å². The number of nitrogens with zero attached hydrogens (tertiary/aromatic N) is 1. The van der Waals surface area contributed by atoms with Gasteiger partial charge in [-0.15, -0.1) is 0 Å². The molecule has 0 aromatic rings. The molecule has 4 rings (SSSR count). The number of rotatable bonds is 1. The maximum absolute atomic E-state index is 12.4. The fourth-order valence-electron chi connectivity index (χ4n) is 4.53. The van der Waals surface area contributed by atoms with Crippen LogP contribution in [0.5, 0.6) is 0 Å². The summed E-state index contributed by atoms with van der Waals surface area (Å²) in [5, 5.41) is 3.63. The molecular weight excluding hydrogens is 256 g/mol. The van der Waals surface area contributed by atoms with Crippen molar-refractivity contribution in [3.63, 3.8) is 0 Å². The minimum Gasteiger partial charge on any atom is -0.443 e. The zero-order chi connectivity index (χ0) is 13.6. The lowest BCUT2D eigenvalue weighted by Gasteiger charge is -2.47. The Morgan fingerprint density at radius 1 is 1.10 bits per heavy atom. The molecule has 0 radical (unpaired) electrons. The van der Waals surface area contributed by atoms with Crippen LogP contribution < -0.4 is 5.32 Å². The fourth-order valence-corrected chi connectivity index (χ4v) is 4.53. The van der Waals surface area contributed by atoms with E-state index in [4.69, 9.17) is 9.47 Å². The third-order valence-corrected chi connectivity index (χ3v) is 5.55. The minimum absolute atomic E-state index is 0.0792. The molecule has 5 heteroatoms. The first-order valence-corrected chi connectivity index (χ1v) is 8.08. The van der Waals surface area contributed by atoms with E-state index >= 15 is 0 Å². The van der Waals surface area contributed by atoms with Crippen LogP contribution in [-0.2, 0) is 9.47 Å². The third-order valence-electron chi connectivity index (χ3n) is 5.55. The van der Waals surface area contributed by atoms with Gasteiger partial charge in [0, 0.05) is 57.1 Å². The molecule has 1 spiro atoms. The molecular formula is C15H24N2O3. The standard InChI is InChI=1S/C15H24N2O3/c18-14-17(13-3-7-19-8-4-13)6-5-15(20-14)9-11-1-2-12(10-15)16-11/h11-13,16H,1-10H2/t11-,12+,15?. The van der Waals surface area contributed by atoms with Gasteiger partial charge in [-0.2, -0.15) is 0 Å². The Morgan fingerprint density at radius 3 is 2.45 bits per heavy atom. The van der Waals surface area contributed by atoms with Crippen molar-refractivity contribution in [1.29, 1.82) is 0 Å². The van der Waals surface area contributed by atoms with E-state index in [-0.39, 0.29) is 11.7 Å². The number of nitrogens with one attached hydrogen (secondary N) is 1. The Morgan fingerprint density at radius 2 is 1.80 bits per heavy atom. The lowest BCUT2D eigenvalue weighted by atomic mass is 9.83. The first kappa shape index (κ1) is 12.9. The highest BCUT2D eigenvalue weighted by molar-refractivity contribution is 5.69. The van der Waals surface area contributed by atoms with Crippen molar-refractivity contribution in [1.82, 2.24) is 10.2 Å². The smallest absolute Gasteiger partial charge is 0.410 e. The van der Waals surface area contributed by atoms with Crippen LogP contribution in [0.25, 0.3) is 0 Å². The molecule has 112 valence electrons. The van der Waals surface area contributed by atoms with Gasteiger partial charge in [-0.3, -0.25) is 0 Å². The highest BCUT2D eigenvalue weighted by Gasteiger charge is 2.49. The average Bonchev–Trinajstić information content (AvgIpc) is 2.80. The first-order valence-electron chi connectivity index (χ1n) is 8.08. The van der Waals surface area contributed by atoms with Crippen molar-refractivity contribution in [2.75, 3.05) is 19.8 Å². The highest BCUT2D eigenvalue weighted by Crippen LogP contribution is 2.41. The Labute approximate surface area is 120 Å². The Hall–Kier alpha value is -0.810. The molecule has 0 aliphatic carbocycles. The molecule has 2 bridgehead atoms. The van der Waals surface area contributed by atoms with Crippen LogP contribution in [0.4, 0.5) is 4.79 Å². The van der Waals surface area contributed by atoms with Crippen LogP contribution in [0.1, 0.15) is 44.9 Å². The summed E-state index contributed by atoms with van der Waals surface area (Å²) in [6.07, 6.45) is 7.34. The largest absolute Gasteiger partial charge is 0.443 e. The Bertz CT molecular complexity index is 383. The van der Waals surface area contributed by atoms with Gasteiger partial charge in [-0.1, -0.05) is 0 Å². The van der Waals surface area contributed by atoms with Crippen molar-refractivity contribution in [3.05, 3.63) is 0 Å². The number of hydrogen-bond acceptors (Lipinski definition) is 4. The molecule has 4 fully saturated rings. The van der Waals surface area contributed by atoms with Gasteiger partial charge in [0.15, 0.2) is 0 Å². The van der Waals surface area contributed by atoms with Crippen LogP contribution >= 0.6 is 0 Å². The maximum atomic E-state index is 12.4. The van der Waals surface area contributed by atoms with Crippen LogP contribution in [-0.4, -0.2) is 54.5 Å². The molecule has 1 N–H and O–H groups in total. The number of piperidine rings is 1. The maximum Gasteiger partial charge on any atom is 0.410 e. The number of carbonyl (C=O) groups is 1. The van der Waals surface area contributed by atoms with E-state index in [1.54, 1.807) is 0 Å². The lowest BCUT2D eigenvalue weighted by molar-refractivity contribution is -0.0885. The average molecular weight is 280 g/mol. The molecule has 0 aromatic heterocycles.